The summed E-state index contributed by atoms with van der Waals surface area (Å²) < 4.78 is 12.4. The van der Waals surface area contributed by atoms with Gasteiger partial charge in [-0.1, -0.05) is 41.4 Å². The summed E-state index contributed by atoms with van der Waals surface area (Å²) in [7, 11) is 0. The van der Waals surface area contributed by atoms with Crippen molar-refractivity contribution in [3.05, 3.63) is 98.2 Å². The third kappa shape index (κ3) is 5.48. The van der Waals surface area contributed by atoms with Crippen molar-refractivity contribution in [3.8, 4) is 5.75 Å². The summed E-state index contributed by atoms with van der Waals surface area (Å²) in [5.74, 6) is -0.0590. The van der Waals surface area contributed by atoms with Gasteiger partial charge >= 0.3 is 5.69 Å². The van der Waals surface area contributed by atoms with Gasteiger partial charge in [-0.05, 0) is 35.9 Å². The number of furan rings is 1. The molecule has 0 atom stereocenters. The second kappa shape index (κ2) is 9.72. The van der Waals surface area contributed by atoms with Gasteiger partial charge in [0.25, 0.3) is 5.91 Å². The van der Waals surface area contributed by atoms with Crippen LogP contribution in [0.5, 0.6) is 5.75 Å². The van der Waals surface area contributed by atoms with Gasteiger partial charge < -0.3 is 9.15 Å². The van der Waals surface area contributed by atoms with Gasteiger partial charge in [0, 0.05) is 16.1 Å². The fourth-order valence-electron chi connectivity index (χ4n) is 2.87. The maximum atomic E-state index is 12.4. The lowest BCUT2D eigenvalue weighted by atomic mass is 10.2. The predicted octanol–water partition coefficient (Wildman–Crippen LogP) is 4.97. The standard InChI is InChI=1S/C21H15Cl2N5O5/c22-14-6-5-13(16(23)9-14)10-27-12-24-21(26-27)25-20(29)19-8-7-15(33-19)11-32-18-4-2-1-3-17(18)28(30)31/h1-9,12H,10-11H2,(H,25,26,29). The van der Waals surface area contributed by atoms with Gasteiger partial charge in [0.2, 0.25) is 5.95 Å². The molecule has 4 aromatic rings. The fourth-order valence-corrected chi connectivity index (χ4v) is 3.34. The number of halogens is 2. The number of amides is 1. The van der Waals surface area contributed by atoms with E-state index in [0.29, 0.717) is 22.4 Å². The number of para-hydroxylation sites is 2. The fraction of sp³-hybridized carbons (Fsp3) is 0.0952. The van der Waals surface area contributed by atoms with Crippen molar-refractivity contribution in [2.75, 3.05) is 5.32 Å². The minimum absolute atomic E-state index is 0.00765. The molecular weight excluding hydrogens is 473 g/mol. The summed E-state index contributed by atoms with van der Waals surface area (Å²) in [4.78, 5) is 27.0. The topological polar surface area (TPSA) is 125 Å². The van der Waals surface area contributed by atoms with Crippen molar-refractivity contribution in [2.24, 2.45) is 0 Å². The number of benzene rings is 2. The normalized spacial score (nSPS) is 10.7. The number of carbonyl (C=O) groups is 1. The van der Waals surface area contributed by atoms with Gasteiger partial charge in [0.1, 0.15) is 18.7 Å². The lowest BCUT2D eigenvalue weighted by Crippen LogP contribution is -2.12. The van der Waals surface area contributed by atoms with Crippen LogP contribution in [-0.4, -0.2) is 25.6 Å². The monoisotopic (exact) mass is 487 g/mol. The molecule has 10 nitrogen and oxygen atoms in total. The molecule has 12 heteroatoms. The number of nitro groups is 1. The quantitative estimate of drug-likeness (QED) is 0.274. The summed E-state index contributed by atoms with van der Waals surface area (Å²) in [6, 6.07) is 14.1. The van der Waals surface area contributed by atoms with E-state index in [0.717, 1.165) is 5.56 Å². The molecule has 0 saturated carbocycles. The van der Waals surface area contributed by atoms with Gasteiger partial charge in [-0.3, -0.25) is 20.2 Å². The van der Waals surface area contributed by atoms with E-state index in [1.54, 1.807) is 30.3 Å². The molecule has 2 aromatic carbocycles. The van der Waals surface area contributed by atoms with E-state index in [9.17, 15) is 14.9 Å². The average Bonchev–Trinajstić information content (AvgIpc) is 3.44. The molecule has 0 radical (unpaired) electrons. The van der Waals surface area contributed by atoms with Crippen molar-refractivity contribution in [1.29, 1.82) is 0 Å². The summed E-state index contributed by atoms with van der Waals surface area (Å²) in [5, 5.41) is 18.8. The van der Waals surface area contributed by atoms with Crippen LogP contribution in [0, 0.1) is 10.1 Å². The Morgan fingerprint density at radius 1 is 1.18 bits per heavy atom. The SMILES string of the molecule is O=C(Nc1ncn(Cc2ccc(Cl)cc2Cl)n1)c1ccc(COc2ccccc2[N+](=O)[O-])o1. The molecular formula is C21H15Cl2N5O5. The number of nitro benzene ring substituents is 1. The number of aromatic nitrogens is 3. The van der Waals surface area contributed by atoms with Gasteiger partial charge in [-0.15, -0.1) is 5.10 Å². The van der Waals surface area contributed by atoms with Crippen LogP contribution < -0.4 is 10.1 Å². The Balaban J connectivity index is 1.36. The van der Waals surface area contributed by atoms with Crippen LogP contribution in [-0.2, 0) is 13.2 Å². The minimum atomic E-state index is -0.561. The van der Waals surface area contributed by atoms with Crippen LogP contribution in [0.15, 0.2) is 65.3 Å². The smallest absolute Gasteiger partial charge is 0.310 e. The molecule has 33 heavy (non-hydrogen) atoms. The summed E-state index contributed by atoms with van der Waals surface area (Å²) >= 11 is 12.1. The number of hydrogen-bond acceptors (Lipinski definition) is 7. The first-order chi connectivity index (χ1) is 15.9. The first-order valence-electron chi connectivity index (χ1n) is 9.48. The molecule has 0 aliphatic carbocycles. The molecule has 0 aliphatic heterocycles. The number of hydrogen-bond donors (Lipinski definition) is 1. The first kappa shape index (κ1) is 22.3. The van der Waals surface area contributed by atoms with Crippen LogP contribution in [0.3, 0.4) is 0 Å². The Morgan fingerprint density at radius 2 is 2.00 bits per heavy atom. The predicted molar refractivity (Wildman–Crippen MR) is 120 cm³/mol. The van der Waals surface area contributed by atoms with E-state index >= 15 is 0 Å². The Bertz CT molecular complexity index is 1320. The van der Waals surface area contributed by atoms with Crippen molar-refractivity contribution < 1.29 is 18.9 Å². The number of nitrogens with one attached hydrogen (secondary N) is 1. The van der Waals surface area contributed by atoms with Crippen LogP contribution in [0.4, 0.5) is 11.6 Å². The number of nitrogens with zero attached hydrogens (tertiary/aromatic N) is 4. The highest BCUT2D eigenvalue weighted by Crippen LogP contribution is 2.27. The Morgan fingerprint density at radius 3 is 2.79 bits per heavy atom. The number of carbonyl (C=O) groups excluding carboxylic acids is 1. The zero-order valence-electron chi connectivity index (χ0n) is 16.8. The van der Waals surface area contributed by atoms with Gasteiger partial charge in [0.05, 0.1) is 11.5 Å². The molecule has 0 spiro atoms. The third-order valence-corrected chi connectivity index (χ3v) is 5.01. The van der Waals surface area contributed by atoms with Gasteiger partial charge in [-0.25, -0.2) is 9.67 Å². The molecule has 4 rings (SSSR count). The largest absolute Gasteiger partial charge is 0.479 e. The van der Waals surface area contributed by atoms with Crippen molar-refractivity contribution in [2.45, 2.75) is 13.2 Å². The number of rotatable bonds is 8. The third-order valence-electron chi connectivity index (χ3n) is 4.43. The molecule has 2 heterocycles. The molecule has 1 N–H and O–H groups in total. The van der Waals surface area contributed by atoms with Crippen LogP contribution in [0.25, 0.3) is 0 Å². The van der Waals surface area contributed by atoms with E-state index in [4.69, 9.17) is 32.4 Å². The van der Waals surface area contributed by atoms with E-state index in [1.165, 1.54) is 35.3 Å². The highest BCUT2D eigenvalue weighted by atomic mass is 35.5. The maximum absolute atomic E-state index is 12.4. The highest BCUT2D eigenvalue weighted by molar-refractivity contribution is 6.35. The van der Waals surface area contributed by atoms with Crippen molar-refractivity contribution in [3.63, 3.8) is 0 Å². The molecule has 0 saturated heterocycles. The Labute approximate surface area is 196 Å². The summed E-state index contributed by atoms with van der Waals surface area (Å²) in [6.45, 7) is 0.250. The summed E-state index contributed by atoms with van der Waals surface area (Å²) in [5.41, 5.74) is 0.627. The van der Waals surface area contributed by atoms with Gasteiger partial charge in [0.15, 0.2) is 11.5 Å². The van der Waals surface area contributed by atoms with E-state index in [2.05, 4.69) is 15.4 Å². The number of anilines is 1. The molecule has 0 bridgehead atoms. The second-order valence-corrected chi connectivity index (χ2v) is 7.58. The van der Waals surface area contributed by atoms with Crippen LogP contribution in [0.2, 0.25) is 10.0 Å². The molecule has 168 valence electrons. The second-order valence-electron chi connectivity index (χ2n) is 6.74. The highest BCUT2D eigenvalue weighted by Gasteiger charge is 2.17. The van der Waals surface area contributed by atoms with Crippen LogP contribution >= 0.6 is 23.2 Å². The average molecular weight is 488 g/mol. The molecule has 2 aromatic heterocycles. The minimum Gasteiger partial charge on any atom is -0.479 e. The lowest BCUT2D eigenvalue weighted by Gasteiger charge is -2.04. The van der Waals surface area contributed by atoms with E-state index in [1.807, 2.05) is 0 Å². The zero-order chi connectivity index (χ0) is 23.4. The van der Waals surface area contributed by atoms with Crippen LogP contribution in [0.1, 0.15) is 21.9 Å². The van der Waals surface area contributed by atoms with E-state index < -0.39 is 10.8 Å². The van der Waals surface area contributed by atoms with Crippen molar-refractivity contribution >= 4 is 40.7 Å². The van der Waals surface area contributed by atoms with E-state index in [-0.39, 0.29) is 29.8 Å². The first-order valence-corrected chi connectivity index (χ1v) is 10.2. The zero-order valence-corrected chi connectivity index (χ0v) is 18.3. The maximum Gasteiger partial charge on any atom is 0.310 e. The molecule has 0 fully saturated rings. The molecule has 0 aliphatic rings. The van der Waals surface area contributed by atoms with Crippen molar-refractivity contribution in [1.82, 2.24) is 14.8 Å². The molecule has 0 unspecified atom stereocenters. The Hall–Kier alpha value is -3.89. The molecule has 1 amide bonds. The Kier molecular flexibility index (Phi) is 6.57. The summed E-state index contributed by atoms with van der Waals surface area (Å²) in [6.07, 6.45) is 1.45. The lowest BCUT2D eigenvalue weighted by molar-refractivity contribution is -0.386. The number of ether oxygens (including phenoxy) is 1. The van der Waals surface area contributed by atoms with Gasteiger partial charge in [-0.2, -0.15) is 0 Å².